The number of carbonyl (C=O) groups excluding carboxylic acids is 1. The maximum Gasteiger partial charge on any atom is 0.229 e. The number of nitrogens with zero attached hydrogens (tertiary/aromatic N) is 5. The number of ether oxygens (including phenoxy) is 1. The largest absolute Gasteiger partial charge is 0.497 e. The molecule has 1 saturated heterocycles. The highest BCUT2D eigenvalue weighted by atomic mass is 16.5. The molecule has 1 aliphatic heterocycles. The highest BCUT2D eigenvalue weighted by Gasteiger charge is 2.27. The zero-order valence-electron chi connectivity index (χ0n) is 17.0. The van der Waals surface area contributed by atoms with Gasteiger partial charge in [0.1, 0.15) is 11.6 Å². The van der Waals surface area contributed by atoms with Crippen molar-refractivity contribution in [2.24, 2.45) is 5.92 Å². The van der Waals surface area contributed by atoms with Crippen LogP contribution >= 0.6 is 0 Å². The Kier molecular flexibility index (Phi) is 5.33. The Morgan fingerprint density at radius 2 is 1.97 bits per heavy atom. The normalized spacial score (nSPS) is 17.0. The number of methoxy groups -OCH3 is 1. The second kappa shape index (κ2) is 8.06. The summed E-state index contributed by atoms with van der Waals surface area (Å²) in [4.78, 5) is 15.0. The van der Waals surface area contributed by atoms with E-state index in [0.29, 0.717) is 6.54 Å². The molecule has 1 N–H and O–H groups in total. The average molecular weight is 394 g/mol. The number of hydrogen-bond donors (Lipinski definition) is 1. The van der Waals surface area contributed by atoms with Crippen LogP contribution < -0.4 is 15.0 Å². The second-order valence-electron chi connectivity index (χ2n) is 7.68. The lowest BCUT2D eigenvalue weighted by Gasteiger charge is -2.32. The monoisotopic (exact) mass is 394 g/mol. The van der Waals surface area contributed by atoms with Crippen LogP contribution in [0.15, 0.2) is 36.4 Å². The van der Waals surface area contributed by atoms with Crippen molar-refractivity contribution in [2.75, 3.05) is 30.4 Å². The van der Waals surface area contributed by atoms with Gasteiger partial charge in [-0.25, -0.2) is 0 Å². The Morgan fingerprint density at radius 3 is 2.69 bits per heavy atom. The fourth-order valence-corrected chi connectivity index (χ4v) is 3.64. The quantitative estimate of drug-likeness (QED) is 0.716. The van der Waals surface area contributed by atoms with E-state index in [4.69, 9.17) is 9.84 Å². The summed E-state index contributed by atoms with van der Waals surface area (Å²) in [6.45, 7) is 5.67. The fraction of sp³-hybridized carbons (Fsp3) is 0.429. The molecule has 1 aromatic carbocycles. The van der Waals surface area contributed by atoms with Crippen LogP contribution in [-0.2, 0) is 4.79 Å². The summed E-state index contributed by atoms with van der Waals surface area (Å²) in [5.74, 6) is 2.64. The van der Waals surface area contributed by atoms with Crippen molar-refractivity contribution in [1.82, 2.24) is 19.8 Å². The molecule has 1 aliphatic rings. The second-order valence-corrected chi connectivity index (χ2v) is 7.68. The summed E-state index contributed by atoms with van der Waals surface area (Å²) in [5, 5.41) is 16.2. The van der Waals surface area contributed by atoms with Crippen molar-refractivity contribution < 1.29 is 9.53 Å². The molecule has 152 valence electrons. The Morgan fingerprint density at radius 1 is 1.17 bits per heavy atom. The molecule has 3 aromatic rings. The van der Waals surface area contributed by atoms with Crippen LogP contribution in [-0.4, -0.2) is 45.9 Å². The van der Waals surface area contributed by atoms with Gasteiger partial charge >= 0.3 is 0 Å². The molecular formula is C21H26N6O2. The number of piperidine rings is 1. The van der Waals surface area contributed by atoms with Crippen molar-refractivity contribution >= 4 is 23.1 Å². The van der Waals surface area contributed by atoms with E-state index < -0.39 is 0 Å². The predicted octanol–water partition coefficient (Wildman–Crippen LogP) is 3.11. The van der Waals surface area contributed by atoms with E-state index in [1.165, 1.54) is 0 Å². The lowest BCUT2D eigenvalue weighted by Crippen LogP contribution is -2.41. The van der Waals surface area contributed by atoms with Crippen molar-refractivity contribution in [3.63, 3.8) is 0 Å². The highest BCUT2D eigenvalue weighted by Crippen LogP contribution is 2.24. The van der Waals surface area contributed by atoms with E-state index in [1.54, 1.807) is 11.6 Å². The van der Waals surface area contributed by atoms with Gasteiger partial charge < -0.3 is 15.0 Å². The number of nitrogens with one attached hydrogen (secondary N) is 1. The third kappa shape index (κ3) is 4.01. The van der Waals surface area contributed by atoms with E-state index >= 15 is 0 Å². The summed E-state index contributed by atoms with van der Waals surface area (Å²) >= 11 is 0. The van der Waals surface area contributed by atoms with Crippen LogP contribution in [0.1, 0.15) is 38.4 Å². The van der Waals surface area contributed by atoms with Gasteiger partial charge in [-0.1, -0.05) is 13.8 Å². The fourth-order valence-electron chi connectivity index (χ4n) is 3.64. The van der Waals surface area contributed by atoms with Gasteiger partial charge in [0, 0.05) is 24.7 Å². The first-order valence-electron chi connectivity index (χ1n) is 9.97. The van der Waals surface area contributed by atoms with Crippen molar-refractivity contribution in [3.05, 3.63) is 42.2 Å². The van der Waals surface area contributed by atoms with Crippen LogP contribution in [0.3, 0.4) is 0 Å². The Hall–Kier alpha value is -3.16. The molecule has 1 amide bonds. The van der Waals surface area contributed by atoms with E-state index in [9.17, 15) is 4.79 Å². The first-order valence-corrected chi connectivity index (χ1v) is 9.97. The van der Waals surface area contributed by atoms with Crippen molar-refractivity contribution in [3.8, 4) is 5.75 Å². The van der Waals surface area contributed by atoms with Crippen LogP contribution in [0.4, 0.5) is 11.5 Å². The lowest BCUT2D eigenvalue weighted by molar-refractivity contribution is -0.120. The first kappa shape index (κ1) is 19.2. The zero-order chi connectivity index (χ0) is 20.4. The van der Waals surface area contributed by atoms with Crippen molar-refractivity contribution in [2.45, 2.75) is 32.6 Å². The summed E-state index contributed by atoms with van der Waals surface area (Å²) < 4.78 is 6.97. The standard InChI is InChI=1S/C21H26N6O2/c1-14(2)20-24-23-18-10-11-19(25-27(18)20)26-12-4-5-15(13-26)21(28)22-16-6-8-17(29-3)9-7-16/h6-11,14-15H,4-5,12-13H2,1-3H3,(H,22,28). The SMILES string of the molecule is COc1ccc(NC(=O)C2CCCN(c3ccc4nnc(C(C)C)n4n3)C2)cc1. The zero-order valence-corrected chi connectivity index (χ0v) is 17.0. The molecule has 2 aromatic heterocycles. The van der Waals surface area contributed by atoms with Gasteiger partial charge in [-0.3, -0.25) is 4.79 Å². The average Bonchev–Trinajstić information content (AvgIpc) is 3.18. The molecular weight excluding hydrogens is 368 g/mol. The molecule has 1 unspecified atom stereocenters. The molecule has 1 fully saturated rings. The van der Waals surface area contributed by atoms with Gasteiger partial charge in [-0.05, 0) is 49.2 Å². The van der Waals surface area contributed by atoms with Gasteiger partial charge in [0.25, 0.3) is 0 Å². The van der Waals surface area contributed by atoms with Crippen molar-refractivity contribution in [1.29, 1.82) is 0 Å². The van der Waals surface area contributed by atoms with E-state index in [2.05, 4.69) is 34.3 Å². The maximum absolute atomic E-state index is 12.8. The number of amides is 1. The Balaban J connectivity index is 1.48. The molecule has 29 heavy (non-hydrogen) atoms. The molecule has 8 heteroatoms. The molecule has 0 spiro atoms. The maximum atomic E-state index is 12.8. The molecule has 0 aliphatic carbocycles. The molecule has 0 radical (unpaired) electrons. The van der Waals surface area contributed by atoms with Gasteiger partial charge in [-0.15, -0.1) is 15.3 Å². The molecule has 4 rings (SSSR count). The van der Waals surface area contributed by atoms with E-state index in [-0.39, 0.29) is 17.7 Å². The summed E-state index contributed by atoms with van der Waals surface area (Å²) in [7, 11) is 1.62. The lowest BCUT2D eigenvalue weighted by atomic mass is 9.97. The first-order chi connectivity index (χ1) is 14.0. The Bertz CT molecular complexity index is 998. The molecule has 0 saturated carbocycles. The van der Waals surface area contributed by atoms with Gasteiger partial charge in [0.05, 0.1) is 13.0 Å². The van der Waals surface area contributed by atoms with E-state index in [0.717, 1.165) is 48.1 Å². The number of fused-ring (bicyclic) bond motifs is 1. The molecule has 0 bridgehead atoms. The van der Waals surface area contributed by atoms with Crippen LogP contribution in [0, 0.1) is 5.92 Å². The Labute approximate surface area is 169 Å². The number of anilines is 2. The molecule has 1 atom stereocenters. The van der Waals surface area contributed by atoms with Crippen LogP contribution in [0.5, 0.6) is 5.75 Å². The third-order valence-electron chi connectivity index (χ3n) is 5.26. The minimum absolute atomic E-state index is 0.0353. The van der Waals surface area contributed by atoms with E-state index in [1.807, 2.05) is 36.4 Å². The minimum Gasteiger partial charge on any atom is -0.497 e. The van der Waals surface area contributed by atoms with Gasteiger partial charge in [-0.2, -0.15) is 4.52 Å². The molecule has 8 nitrogen and oxygen atoms in total. The predicted molar refractivity (Wildman–Crippen MR) is 111 cm³/mol. The number of rotatable bonds is 5. The summed E-state index contributed by atoms with van der Waals surface area (Å²) in [6, 6.07) is 11.3. The number of benzene rings is 1. The summed E-state index contributed by atoms with van der Waals surface area (Å²) in [5.41, 5.74) is 1.52. The number of carbonyl (C=O) groups is 1. The van der Waals surface area contributed by atoms with Gasteiger partial charge in [0.15, 0.2) is 11.5 Å². The van der Waals surface area contributed by atoms with Crippen LogP contribution in [0.25, 0.3) is 5.65 Å². The van der Waals surface area contributed by atoms with Crippen LogP contribution in [0.2, 0.25) is 0 Å². The third-order valence-corrected chi connectivity index (χ3v) is 5.26. The number of hydrogen-bond acceptors (Lipinski definition) is 6. The highest BCUT2D eigenvalue weighted by molar-refractivity contribution is 5.93. The molecule has 3 heterocycles. The topological polar surface area (TPSA) is 84.6 Å². The smallest absolute Gasteiger partial charge is 0.229 e. The minimum atomic E-state index is -0.0890. The van der Waals surface area contributed by atoms with Gasteiger partial charge in [0.2, 0.25) is 5.91 Å². The summed E-state index contributed by atoms with van der Waals surface area (Å²) in [6.07, 6.45) is 1.81. The number of aromatic nitrogens is 4.